The van der Waals surface area contributed by atoms with E-state index in [0.717, 1.165) is 46.7 Å². The summed E-state index contributed by atoms with van der Waals surface area (Å²) in [5, 5.41) is 10.3. The molecule has 7 nitrogen and oxygen atoms in total. The number of hydrogen-bond acceptors (Lipinski definition) is 6. The van der Waals surface area contributed by atoms with E-state index in [9.17, 15) is 4.79 Å². The van der Waals surface area contributed by atoms with Gasteiger partial charge in [-0.05, 0) is 73.5 Å². The van der Waals surface area contributed by atoms with E-state index in [1.807, 2.05) is 72.4 Å². The summed E-state index contributed by atoms with van der Waals surface area (Å²) in [4.78, 5) is 18.5. The molecule has 0 aliphatic heterocycles. The summed E-state index contributed by atoms with van der Waals surface area (Å²) in [6.45, 7) is 4.86. The van der Waals surface area contributed by atoms with Crippen molar-refractivity contribution in [3.63, 3.8) is 0 Å². The average Bonchev–Trinajstić information content (AvgIpc) is 3.64. The van der Waals surface area contributed by atoms with Crippen molar-refractivity contribution < 1.29 is 4.74 Å². The molecule has 0 unspecified atom stereocenters. The summed E-state index contributed by atoms with van der Waals surface area (Å²) >= 11 is 13.6. The number of benzene rings is 3. The van der Waals surface area contributed by atoms with E-state index in [1.165, 1.54) is 15.9 Å². The Bertz CT molecular complexity index is 1980. The van der Waals surface area contributed by atoms with Crippen LogP contribution in [0.25, 0.3) is 39.4 Å². The number of para-hydroxylation sites is 1. The summed E-state index contributed by atoms with van der Waals surface area (Å²) in [7, 11) is 0. The maximum absolute atomic E-state index is 13.4. The van der Waals surface area contributed by atoms with Gasteiger partial charge < -0.3 is 4.74 Å². The maximum Gasteiger partial charge on any atom is 0.291 e. The predicted molar refractivity (Wildman–Crippen MR) is 166 cm³/mol. The monoisotopic (exact) mass is 601 g/mol. The quantitative estimate of drug-likeness (QED) is 0.175. The van der Waals surface area contributed by atoms with E-state index in [1.54, 1.807) is 18.2 Å². The molecule has 0 saturated heterocycles. The molecule has 0 saturated carbocycles. The van der Waals surface area contributed by atoms with Crippen molar-refractivity contribution in [3.8, 4) is 34.1 Å². The Hall–Kier alpha value is -3.98. The number of fused-ring (bicyclic) bond motifs is 1. The molecule has 0 bridgehead atoms. The third-order valence-electron chi connectivity index (χ3n) is 6.62. The lowest BCUT2D eigenvalue weighted by molar-refractivity contribution is 0.309. The van der Waals surface area contributed by atoms with Crippen LogP contribution in [0.3, 0.4) is 0 Å². The number of aromatic nitrogens is 5. The van der Waals surface area contributed by atoms with Crippen LogP contribution >= 0.6 is 34.5 Å². The summed E-state index contributed by atoms with van der Waals surface area (Å²) < 4.78 is 9.55. The van der Waals surface area contributed by atoms with Crippen molar-refractivity contribution >= 4 is 45.6 Å². The molecule has 3 heterocycles. The molecule has 3 aromatic carbocycles. The Kier molecular flexibility index (Phi) is 7.62. The molecule has 0 fully saturated rings. The summed E-state index contributed by atoms with van der Waals surface area (Å²) in [5.74, 6) is 1.20. The molecule has 0 aliphatic carbocycles. The van der Waals surface area contributed by atoms with E-state index in [-0.39, 0.29) is 5.56 Å². The highest BCUT2D eigenvalue weighted by Crippen LogP contribution is 2.31. The van der Waals surface area contributed by atoms with Crippen molar-refractivity contribution in [2.45, 2.75) is 26.7 Å². The zero-order valence-electron chi connectivity index (χ0n) is 22.3. The van der Waals surface area contributed by atoms with Crippen LogP contribution in [0.5, 0.6) is 5.75 Å². The van der Waals surface area contributed by atoms with Gasteiger partial charge in [-0.1, -0.05) is 66.1 Å². The van der Waals surface area contributed by atoms with E-state index >= 15 is 0 Å². The fourth-order valence-electron chi connectivity index (χ4n) is 4.50. The van der Waals surface area contributed by atoms with Crippen LogP contribution in [0.4, 0.5) is 0 Å². The minimum absolute atomic E-state index is 0.261. The highest BCUT2D eigenvalue weighted by molar-refractivity contribution is 7.15. The Morgan fingerprint density at radius 3 is 2.54 bits per heavy atom. The van der Waals surface area contributed by atoms with Gasteiger partial charge in [0.2, 0.25) is 4.96 Å². The van der Waals surface area contributed by atoms with Crippen molar-refractivity contribution in [3.05, 3.63) is 109 Å². The van der Waals surface area contributed by atoms with Crippen LogP contribution in [0.15, 0.2) is 77.7 Å². The molecule has 0 aliphatic rings. The summed E-state index contributed by atoms with van der Waals surface area (Å²) in [5.41, 5.74) is 4.82. The molecule has 0 spiro atoms. The van der Waals surface area contributed by atoms with Gasteiger partial charge in [-0.2, -0.15) is 14.6 Å². The fourth-order valence-corrected chi connectivity index (χ4v) is 5.89. The number of ether oxygens (including phenoxy) is 1. The molecule has 0 amide bonds. The van der Waals surface area contributed by atoms with Crippen LogP contribution in [-0.4, -0.2) is 31.0 Å². The number of nitrogens with zero attached hydrogens (tertiary/aromatic N) is 5. The van der Waals surface area contributed by atoms with E-state index < -0.39 is 0 Å². The van der Waals surface area contributed by atoms with Gasteiger partial charge in [0.15, 0.2) is 5.82 Å². The molecule has 6 aromatic rings. The minimum Gasteiger partial charge on any atom is -0.494 e. The molecule has 0 atom stereocenters. The van der Waals surface area contributed by atoms with E-state index in [0.29, 0.717) is 37.5 Å². The molecule has 206 valence electrons. The number of hydrogen-bond donors (Lipinski definition) is 0. The standard InChI is InChI=1S/C31H25Cl2N5O2S/c1-3-4-14-40-23-11-13-24(19(2)15-23)28-20(18-37(35-28)22-8-6-5-7-9-22)16-27-30(39)38-31(41-27)34-29(36-38)25-12-10-21(32)17-26(25)33/h5-13,15-18H,3-4,14H2,1-2H3/b27-16-. The minimum atomic E-state index is -0.261. The molecule has 10 heteroatoms. The van der Waals surface area contributed by atoms with Gasteiger partial charge in [0.1, 0.15) is 11.4 Å². The first-order valence-electron chi connectivity index (χ1n) is 13.2. The highest BCUT2D eigenvalue weighted by Gasteiger charge is 2.17. The van der Waals surface area contributed by atoms with Gasteiger partial charge in [-0.3, -0.25) is 4.79 Å². The molecule has 0 N–H and O–H groups in total. The third kappa shape index (κ3) is 5.51. The largest absolute Gasteiger partial charge is 0.494 e. The number of halogens is 2. The third-order valence-corrected chi connectivity index (χ3v) is 8.13. The van der Waals surface area contributed by atoms with Gasteiger partial charge in [0.25, 0.3) is 5.56 Å². The van der Waals surface area contributed by atoms with Crippen molar-refractivity contribution in [2.75, 3.05) is 6.61 Å². The van der Waals surface area contributed by atoms with Gasteiger partial charge in [0.05, 0.1) is 21.8 Å². The topological polar surface area (TPSA) is 74.3 Å². The van der Waals surface area contributed by atoms with Crippen LogP contribution in [0.2, 0.25) is 10.0 Å². The van der Waals surface area contributed by atoms with Crippen molar-refractivity contribution in [1.82, 2.24) is 24.4 Å². The van der Waals surface area contributed by atoms with Crippen LogP contribution in [0, 0.1) is 6.92 Å². The van der Waals surface area contributed by atoms with E-state index in [4.69, 9.17) is 33.0 Å². The first-order chi connectivity index (χ1) is 19.9. The zero-order valence-corrected chi connectivity index (χ0v) is 24.7. The average molecular weight is 603 g/mol. The molecule has 41 heavy (non-hydrogen) atoms. The fraction of sp³-hybridized carbons (Fsp3) is 0.161. The Morgan fingerprint density at radius 1 is 1.00 bits per heavy atom. The first kappa shape index (κ1) is 27.2. The van der Waals surface area contributed by atoms with Gasteiger partial charge in [0, 0.05) is 27.9 Å². The van der Waals surface area contributed by atoms with Crippen molar-refractivity contribution in [2.24, 2.45) is 0 Å². The Balaban J connectivity index is 1.44. The second-order valence-electron chi connectivity index (χ2n) is 9.56. The van der Waals surface area contributed by atoms with Crippen LogP contribution in [0.1, 0.15) is 30.9 Å². The first-order valence-corrected chi connectivity index (χ1v) is 14.7. The Morgan fingerprint density at radius 2 is 1.80 bits per heavy atom. The lowest BCUT2D eigenvalue weighted by Gasteiger charge is -2.09. The van der Waals surface area contributed by atoms with Crippen LogP contribution < -0.4 is 14.8 Å². The molecular formula is C31H25Cl2N5O2S. The lowest BCUT2D eigenvalue weighted by Crippen LogP contribution is -2.23. The normalized spacial score (nSPS) is 12.0. The molecule has 6 rings (SSSR count). The Labute approximate surface area is 250 Å². The van der Waals surface area contributed by atoms with E-state index in [2.05, 4.69) is 17.0 Å². The van der Waals surface area contributed by atoms with Gasteiger partial charge in [-0.15, -0.1) is 5.10 Å². The summed E-state index contributed by atoms with van der Waals surface area (Å²) in [6, 6.07) is 21.0. The lowest BCUT2D eigenvalue weighted by atomic mass is 10.0. The summed E-state index contributed by atoms with van der Waals surface area (Å²) in [6.07, 6.45) is 5.87. The van der Waals surface area contributed by atoms with Crippen LogP contribution in [-0.2, 0) is 0 Å². The molecule has 3 aromatic heterocycles. The number of aryl methyl sites for hydroxylation is 1. The SMILES string of the molecule is CCCCOc1ccc(-c2nn(-c3ccccc3)cc2/C=c2\sc3nc(-c4ccc(Cl)cc4Cl)nn3c2=O)c(C)c1. The zero-order chi connectivity index (χ0) is 28.5. The molecule has 0 radical (unpaired) electrons. The number of thiazole rings is 1. The number of unbranched alkanes of at least 4 members (excludes halogenated alkanes) is 1. The molecular weight excluding hydrogens is 577 g/mol. The highest BCUT2D eigenvalue weighted by atomic mass is 35.5. The van der Waals surface area contributed by atoms with Gasteiger partial charge in [-0.25, -0.2) is 4.68 Å². The smallest absolute Gasteiger partial charge is 0.291 e. The van der Waals surface area contributed by atoms with Crippen molar-refractivity contribution in [1.29, 1.82) is 0 Å². The van der Waals surface area contributed by atoms with Gasteiger partial charge >= 0.3 is 0 Å². The second-order valence-corrected chi connectivity index (χ2v) is 11.4. The second kappa shape index (κ2) is 11.5. The predicted octanol–water partition coefficient (Wildman–Crippen LogP) is 7.01. The number of rotatable bonds is 8. The maximum atomic E-state index is 13.4.